The van der Waals surface area contributed by atoms with Gasteiger partial charge in [-0.15, -0.1) is 0 Å². The number of aliphatic carboxylic acids is 1. The van der Waals surface area contributed by atoms with Gasteiger partial charge in [-0.1, -0.05) is 0 Å². The number of hydrogen-bond acceptors (Lipinski definition) is 6. The third-order valence-electron chi connectivity index (χ3n) is 1.89. The van der Waals surface area contributed by atoms with Crippen molar-refractivity contribution >= 4 is 33.7 Å². The number of aromatic nitrogens is 1. The van der Waals surface area contributed by atoms with Crippen LogP contribution in [0.25, 0.3) is 6.08 Å². The molecule has 8 nitrogen and oxygen atoms in total. The predicted octanol–water partition coefficient (Wildman–Crippen LogP) is 1.74. The van der Waals surface area contributed by atoms with Gasteiger partial charge in [0.05, 0.1) is 22.1 Å². The van der Waals surface area contributed by atoms with E-state index in [1.807, 2.05) is 0 Å². The summed E-state index contributed by atoms with van der Waals surface area (Å²) in [5.41, 5.74) is -0.688. The number of halogens is 1. The summed E-state index contributed by atoms with van der Waals surface area (Å²) in [5, 5.41) is 28.6. The third-order valence-corrected chi connectivity index (χ3v) is 2.52. The number of pyridine rings is 1. The number of nitrogens with zero attached hydrogens (tertiary/aromatic N) is 2. The van der Waals surface area contributed by atoms with E-state index in [-0.39, 0.29) is 15.9 Å². The van der Waals surface area contributed by atoms with Gasteiger partial charge in [-0.25, -0.2) is 9.78 Å². The molecule has 0 saturated heterocycles. The van der Waals surface area contributed by atoms with Crippen LogP contribution in [0.15, 0.2) is 16.4 Å². The highest BCUT2D eigenvalue weighted by Gasteiger charge is 2.24. The molecule has 0 aliphatic carbocycles. The van der Waals surface area contributed by atoms with Crippen LogP contribution in [0.3, 0.4) is 0 Å². The largest absolute Gasteiger partial charge is 0.502 e. The Balaban J connectivity index is 3.55. The summed E-state index contributed by atoms with van der Waals surface area (Å²) in [4.78, 5) is 24.3. The number of hydrogen-bond donors (Lipinski definition) is 2. The van der Waals surface area contributed by atoms with Gasteiger partial charge in [-0.05, 0) is 15.9 Å². The first-order valence-electron chi connectivity index (χ1n) is 4.39. The summed E-state index contributed by atoms with van der Waals surface area (Å²) in [6.45, 7) is 0. The Bertz CT molecular complexity index is 542. The molecular weight excluding hydrogens is 312 g/mol. The van der Waals surface area contributed by atoms with Gasteiger partial charge >= 0.3 is 11.7 Å². The zero-order chi connectivity index (χ0) is 13.9. The van der Waals surface area contributed by atoms with Gasteiger partial charge < -0.3 is 14.9 Å². The van der Waals surface area contributed by atoms with Gasteiger partial charge in [0.15, 0.2) is 0 Å². The second-order valence-corrected chi connectivity index (χ2v) is 3.82. The number of carbonyl (C=O) groups is 1. The molecule has 0 aliphatic rings. The Morgan fingerprint density at radius 1 is 1.61 bits per heavy atom. The summed E-state index contributed by atoms with van der Waals surface area (Å²) < 4.78 is 4.87. The lowest BCUT2D eigenvalue weighted by atomic mass is 10.2. The van der Waals surface area contributed by atoms with E-state index in [0.29, 0.717) is 0 Å². The van der Waals surface area contributed by atoms with Gasteiger partial charge in [0.25, 0.3) is 5.88 Å². The van der Waals surface area contributed by atoms with Crippen molar-refractivity contribution in [3.63, 3.8) is 0 Å². The van der Waals surface area contributed by atoms with Gasteiger partial charge in [-0.2, -0.15) is 0 Å². The lowest BCUT2D eigenvalue weighted by Gasteiger charge is -2.05. The Morgan fingerprint density at radius 3 is 2.67 bits per heavy atom. The number of nitro groups is 1. The normalized spacial score (nSPS) is 11.1. The van der Waals surface area contributed by atoms with Crippen molar-refractivity contribution in [3.05, 3.63) is 32.1 Å². The number of aliphatic hydroxyl groups excluding tert-OH is 1. The molecule has 2 N–H and O–H groups in total. The zero-order valence-electron chi connectivity index (χ0n) is 8.95. The van der Waals surface area contributed by atoms with E-state index in [0.717, 1.165) is 6.08 Å². The second-order valence-electron chi connectivity index (χ2n) is 2.97. The van der Waals surface area contributed by atoms with E-state index in [1.54, 1.807) is 0 Å². The molecule has 1 heterocycles. The Hall–Kier alpha value is -2.16. The van der Waals surface area contributed by atoms with E-state index in [4.69, 9.17) is 14.9 Å². The molecule has 1 aromatic heterocycles. The number of ether oxygens (including phenoxy) is 1. The number of carboxylic acid groups (broad SMARTS) is 1. The Labute approximate surface area is 109 Å². The minimum absolute atomic E-state index is 0.147. The van der Waals surface area contributed by atoms with E-state index in [9.17, 15) is 14.9 Å². The Morgan fingerprint density at radius 2 is 2.22 bits per heavy atom. The molecule has 0 saturated carbocycles. The van der Waals surface area contributed by atoms with E-state index < -0.39 is 22.3 Å². The first-order valence-corrected chi connectivity index (χ1v) is 5.18. The summed E-state index contributed by atoms with van der Waals surface area (Å²) in [5.74, 6) is -2.92. The maximum Gasteiger partial charge on any atom is 0.370 e. The summed E-state index contributed by atoms with van der Waals surface area (Å²) in [6.07, 6.45) is 1.95. The van der Waals surface area contributed by atoms with Crippen molar-refractivity contribution in [1.82, 2.24) is 4.98 Å². The average Bonchev–Trinajstić information content (AvgIpc) is 2.30. The monoisotopic (exact) mass is 318 g/mol. The Kier molecular flexibility index (Phi) is 4.21. The van der Waals surface area contributed by atoms with Crippen LogP contribution in [0.4, 0.5) is 5.69 Å². The lowest BCUT2D eigenvalue weighted by molar-refractivity contribution is -0.386. The van der Waals surface area contributed by atoms with Crippen LogP contribution in [0.1, 0.15) is 5.56 Å². The van der Waals surface area contributed by atoms with Crippen molar-refractivity contribution < 1.29 is 24.7 Å². The summed E-state index contributed by atoms with van der Waals surface area (Å²) in [7, 11) is 1.19. The topological polar surface area (TPSA) is 123 Å². The maximum atomic E-state index is 10.9. The third kappa shape index (κ3) is 2.74. The maximum absolute atomic E-state index is 10.9. The number of aliphatic hydroxyl groups is 1. The van der Waals surface area contributed by atoms with Crippen molar-refractivity contribution in [2.75, 3.05) is 7.11 Å². The standard InChI is InChI=1S/C9H7BrN2O6/c1-18-8-7(12(16)17)4(5(10)3-11-8)2-6(13)9(14)15/h2-3,13H,1H3,(H,14,15)/b6-2-. The molecule has 0 atom stereocenters. The highest BCUT2D eigenvalue weighted by Crippen LogP contribution is 2.34. The molecule has 0 spiro atoms. The highest BCUT2D eigenvalue weighted by atomic mass is 79.9. The molecule has 0 bridgehead atoms. The summed E-state index contributed by atoms with van der Waals surface area (Å²) >= 11 is 2.99. The van der Waals surface area contributed by atoms with Crippen LogP contribution < -0.4 is 4.74 Å². The van der Waals surface area contributed by atoms with Crippen LogP contribution in [-0.4, -0.2) is 33.2 Å². The molecule has 0 radical (unpaired) electrons. The molecule has 0 aromatic carbocycles. The first-order chi connectivity index (χ1) is 8.38. The van der Waals surface area contributed by atoms with Crippen LogP contribution >= 0.6 is 15.9 Å². The van der Waals surface area contributed by atoms with Crippen molar-refractivity contribution in [2.45, 2.75) is 0 Å². The number of carboxylic acids is 1. The fraction of sp³-hybridized carbons (Fsp3) is 0.111. The molecule has 0 unspecified atom stereocenters. The minimum atomic E-state index is -1.60. The molecular formula is C9H7BrN2O6. The smallest absolute Gasteiger partial charge is 0.370 e. The molecule has 1 aromatic rings. The van der Waals surface area contributed by atoms with Gasteiger partial charge in [-0.3, -0.25) is 10.1 Å². The van der Waals surface area contributed by atoms with Crippen molar-refractivity contribution in [1.29, 1.82) is 0 Å². The molecule has 1 rings (SSSR count). The van der Waals surface area contributed by atoms with Crippen LogP contribution in [0.5, 0.6) is 5.88 Å². The minimum Gasteiger partial charge on any atom is -0.502 e. The SMILES string of the molecule is COc1ncc(Br)c(/C=C(\O)C(=O)O)c1[N+](=O)[O-]. The second kappa shape index (κ2) is 5.45. The zero-order valence-corrected chi connectivity index (χ0v) is 10.5. The number of rotatable bonds is 4. The van der Waals surface area contributed by atoms with Crippen LogP contribution in [0.2, 0.25) is 0 Å². The van der Waals surface area contributed by atoms with Crippen LogP contribution in [0, 0.1) is 10.1 Å². The molecule has 0 aliphatic heterocycles. The fourth-order valence-electron chi connectivity index (χ4n) is 1.14. The fourth-order valence-corrected chi connectivity index (χ4v) is 1.54. The van der Waals surface area contributed by atoms with Crippen LogP contribution in [-0.2, 0) is 4.79 Å². The van der Waals surface area contributed by atoms with E-state index >= 15 is 0 Å². The highest BCUT2D eigenvalue weighted by molar-refractivity contribution is 9.10. The van der Waals surface area contributed by atoms with E-state index in [1.165, 1.54) is 13.3 Å². The molecule has 18 heavy (non-hydrogen) atoms. The molecule has 9 heteroatoms. The van der Waals surface area contributed by atoms with Gasteiger partial charge in [0.2, 0.25) is 5.76 Å². The predicted molar refractivity (Wildman–Crippen MR) is 63.4 cm³/mol. The quantitative estimate of drug-likeness (QED) is 0.375. The average molecular weight is 319 g/mol. The first kappa shape index (κ1) is 13.9. The van der Waals surface area contributed by atoms with Crippen molar-refractivity contribution in [2.24, 2.45) is 0 Å². The van der Waals surface area contributed by atoms with Gasteiger partial charge in [0.1, 0.15) is 0 Å². The molecule has 0 amide bonds. The summed E-state index contributed by atoms with van der Waals surface area (Å²) in [6, 6.07) is 0. The lowest BCUT2D eigenvalue weighted by Crippen LogP contribution is -2.02. The van der Waals surface area contributed by atoms with Crippen molar-refractivity contribution in [3.8, 4) is 5.88 Å². The molecule has 96 valence electrons. The molecule has 0 fully saturated rings. The van der Waals surface area contributed by atoms with E-state index in [2.05, 4.69) is 20.9 Å². The van der Waals surface area contributed by atoms with Gasteiger partial charge in [0, 0.05) is 12.3 Å². The number of methoxy groups -OCH3 is 1.